The second-order valence-corrected chi connectivity index (χ2v) is 7.63. The maximum absolute atomic E-state index is 13.0. The number of ether oxygens (including phenoxy) is 1. The number of para-hydroxylation sites is 2. The van der Waals surface area contributed by atoms with Gasteiger partial charge in [0.15, 0.2) is 5.58 Å². The predicted octanol–water partition coefficient (Wildman–Crippen LogP) is 1.67. The van der Waals surface area contributed by atoms with Crippen LogP contribution in [0.5, 0.6) is 5.88 Å². The molecule has 3 aromatic heterocycles. The second-order valence-electron chi connectivity index (χ2n) is 7.63. The fraction of sp³-hybridized carbons (Fsp3) is 0.318. The molecule has 32 heavy (non-hydrogen) atoms. The Hall–Kier alpha value is -3.95. The lowest BCUT2D eigenvalue weighted by atomic mass is 10.0. The molecule has 0 atom stereocenters. The van der Waals surface area contributed by atoms with E-state index in [9.17, 15) is 9.59 Å². The normalized spacial score (nSPS) is 13.3. The number of hydrogen-bond donors (Lipinski definition) is 0. The number of rotatable bonds is 6. The fourth-order valence-corrected chi connectivity index (χ4v) is 4.09. The summed E-state index contributed by atoms with van der Waals surface area (Å²) < 4.78 is 14.3. The SMILES string of the molecule is Cn1nc(COc2cnccn2)c2c1CCN(C(=O)CCn1c(=O)oc3ccccc31)C2. The summed E-state index contributed by atoms with van der Waals surface area (Å²) in [6.45, 7) is 1.59. The zero-order valence-electron chi connectivity index (χ0n) is 17.6. The van der Waals surface area contributed by atoms with Crippen LogP contribution in [-0.4, -0.2) is 41.7 Å². The minimum absolute atomic E-state index is 0.0162. The van der Waals surface area contributed by atoms with Crippen molar-refractivity contribution >= 4 is 17.0 Å². The molecule has 1 aliphatic rings. The van der Waals surface area contributed by atoms with Crippen LogP contribution < -0.4 is 10.5 Å². The Morgan fingerprint density at radius 2 is 2.12 bits per heavy atom. The number of fused-ring (bicyclic) bond motifs is 2. The van der Waals surface area contributed by atoms with Crippen LogP contribution in [0, 0.1) is 0 Å². The zero-order chi connectivity index (χ0) is 22.1. The van der Waals surface area contributed by atoms with Crippen molar-refractivity contribution in [2.24, 2.45) is 7.05 Å². The third-order valence-electron chi connectivity index (χ3n) is 5.70. The lowest BCUT2D eigenvalue weighted by molar-refractivity contribution is -0.132. The number of carbonyl (C=O) groups is 1. The number of amides is 1. The molecule has 1 amide bonds. The number of carbonyl (C=O) groups excluding carboxylic acids is 1. The molecule has 0 unspecified atom stereocenters. The van der Waals surface area contributed by atoms with Crippen molar-refractivity contribution in [2.45, 2.75) is 32.5 Å². The van der Waals surface area contributed by atoms with Gasteiger partial charge in [-0.3, -0.25) is 19.0 Å². The van der Waals surface area contributed by atoms with Gasteiger partial charge < -0.3 is 14.1 Å². The summed E-state index contributed by atoms with van der Waals surface area (Å²) in [5.74, 6) is -0.0402. The number of oxazole rings is 1. The topological polar surface area (TPSA) is 108 Å². The number of benzene rings is 1. The van der Waals surface area contributed by atoms with Gasteiger partial charge in [0.1, 0.15) is 12.3 Å². The van der Waals surface area contributed by atoms with Crippen LogP contribution in [0.4, 0.5) is 0 Å². The number of aromatic nitrogens is 5. The van der Waals surface area contributed by atoms with Gasteiger partial charge in [0.2, 0.25) is 11.8 Å². The Labute approximate surface area is 183 Å². The first-order chi connectivity index (χ1) is 15.6. The highest BCUT2D eigenvalue weighted by Gasteiger charge is 2.27. The molecule has 1 aromatic carbocycles. The summed E-state index contributed by atoms with van der Waals surface area (Å²) in [4.78, 5) is 35.0. The summed E-state index contributed by atoms with van der Waals surface area (Å²) >= 11 is 0. The number of nitrogens with zero attached hydrogens (tertiary/aromatic N) is 6. The first-order valence-electron chi connectivity index (χ1n) is 10.4. The van der Waals surface area contributed by atoms with Crippen LogP contribution >= 0.6 is 0 Å². The molecular formula is C22H22N6O4. The van der Waals surface area contributed by atoms with Crippen molar-refractivity contribution in [1.29, 1.82) is 0 Å². The number of aryl methyl sites for hydroxylation is 2. The van der Waals surface area contributed by atoms with Crippen LogP contribution in [0.25, 0.3) is 11.1 Å². The van der Waals surface area contributed by atoms with Crippen LogP contribution in [0.15, 0.2) is 52.1 Å². The molecule has 0 aliphatic carbocycles. The van der Waals surface area contributed by atoms with E-state index in [4.69, 9.17) is 9.15 Å². The molecular weight excluding hydrogens is 412 g/mol. The highest BCUT2D eigenvalue weighted by Crippen LogP contribution is 2.24. The summed E-state index contributed by atoms with van der Waals surface area (Å²) in [5.41, 5.74) is 4.10. The van der Waals surface area contributed by atoms with Gasteiger partial charge in [-0.25, -0.2) is 9.78 Å². The molecule has 0 saturated heterocycles. The van der Waals surface area contributed by atoms with E-state index in [1.807, 2.05) is 34.8 Å². The molecule has 4 heterocycles. The molecule has 0 spiro atoms. The molecule has 4 aromatic rings. The van der Waals surface area contributed by atoms with Gasteiger partial charge >= 0.3 is 5.76 Å². The van der Waals surface area contributed by atoms with E-state index < -0.39 is 5.76 Å². The number of hydrogen-bond acceptors (Lipinski definition) is 7. The highest BCUT2D eigenvalue weighted by atomic mass is 16.5. The standard InChI is InChI=1S/C22H22N6O4/c1-26-17-6-10-27(13-15(17)16(25-26)14-31-20-12-23-8-9-24-20)21(29)7-11-28-18-4-2-3-5-19(18)32-22(28)30/h2-5,8-9,12H,6-7,10-11,13-14H2,1H3. The van der Waals surface area contributed by atoms with E-state index in [1.54, 1.807) is 24.7 Å². The largest absolute Gasteiger partial charge is 0.470 e. The summed E-state index contributed by atoms with van der Waals surface area (Å²) in [7, 11) is 1.90. The van der Waals surface area contributed by atoms with Gasteiger partial charge in [-0.2, -0.15) is 5.10 Å². The van der Waals surface area contributed by atoms with Gasteiger partial charge in [0, 0.05) is 63.2 Å². The highest BCUT2D eigenvalue weighted by molar-refractivity contribution is 5.77. The van der Waals surface area contributed by atoms with Crippen LogP contribution in [0.2, 0.25) is 0 Å². The zero-order valence-corrected chi connectivity index (χ0v) is 17.6. The monoisotopic (exact) mass is 434 g/mol. The average Bonchev–Trinajstić information content (AvgIpc) is 3.31. The van der Waals surface area contributed by atoms with Crippen LogP contribution in [0.1, 0.15) is 23.4 Å². The molecule has 0 bridgehead atoms. The molecule has 10 nitrogen and oxygen atoms in total. The molecule has 0 saturated carbocycles. The minimum Gasteiger partial charge on any atom is -0.470 e. The molecule has 10 heteroatoms. The molecule has 5 rings (SSSR count). The molecule has 1 aliphatic heterocycles. The van der Waals surface area contributed by atoms with Crippen molar-refractivity contribution in [3.63, 3.8) is 0 Å². The van der Waals surface area contributed by atoms with E-state index in [2.05, 4.69) is 15.1 Å². The van der Waals surface area contributed by atoms with Crippen molar-refractivity contribution in [3.05, 3.63) is 70.4 Å². The van der Waals surface area contributed by atoms with E-state index in [-0.39, 0.29) is 25.5 Å². The average molecular weight is 434 g/mol. The maximum atomic E-state index is 13.0. The van der Waals surface area contributed by atoms with Gasteiger partial charge in [-0.05, 0) is 12.1 Å². The molecule has 164 valence electrons. The van der Waals surface area contributed by atoms with Crippen molar-refractivity contribution in [1.82, 2.24) is 29.2 Å². The van der Waals surface area contributed by atoms with Crippen molar-refractivity contribution in [3.8, 4) is 5.88 Å². The molecule has 0 N–H and O–H groups in total. The first kappa shape index (κ1) is 20.0. The van der Waals surface area contributed by atoms with Crippen LogP contribution in [-0.2, 0) is 38.0 Å². The van der Waals surface area contributed by atoms with Gasteiger partial charge in [-0.1, -0.05) is 12.1 Å². The molecule has 0 radical (unpaired) electrons. The Morgan fingerprint density at radius 1 is 1.25 bits per heavy atom. The van der Waals surface area contributed by atoms with Crippen LogP contribution in [0.3, 0.4) is 0 Å². The van der Waals surface area contributed by atoms with Crippen molar-refractivity contribution in [2.75, 3.05) is 6.54 Å². The van der Waals surface area contributed by atoms with Gasteiger partial charge in [-0.15, -0.1) is 0 Å². The Morgan fingerprint density at radius 3 is 2.97 bits per heavy atom. The summed E-state index contributed by atoms with van der Waals surface area (Å²) in [6, 6.07) is 7.21. The third kappa shape index (κ3) is 3.75. The first-order valence-corrected chi connectivity index (χ1v) is 10.4. The summed E-state index contributed by atoms with van der Waals surface area (Å²) in [5, 5.41) is 4.58. The van der Waals surface area contributed by atoms with Crippen molar-refractivity contribution < 1.29 is 13.9 Å². The Balaban J connectivity index is 1.27. The van der Waals surface area contributed by atoms with E-state index in [0.717, 1.165) is 17.0 Å². The lowest BCUT2D eigenvalue weighted by Crippen LogP contribution is -2.37. The van der Waals surface area contributed by atoms with E-state index in [1.165, 1.54) is 4.57 Å². The van der Waals surface area contributed by atoms with Gasteiger partial charge in [0.25, 0.3) is 0 Å². The van der Waals surface area contributed by atoms with Gasteiger partial charge in [0.05, 0.1) is 11.7 Å². The second kappa shape index (κ2) is 8.29. The minimum atomic E-state index is -0.448. The smallest absolute Gasteiger partial charge is 0.419 e. The fourth-order valence-electron chi connectivity index (χ4n) is 4.09. The van der Waals surface area contributed by atoms with E-state index in [0.29, 0.717) is 36.5 Å². The maximum Gasteiger partial charge on any atom is 0.419 e. The quantitative estimate of drug-likeness (QED) is 0.454. The Bertz CT molecular complexity index is 1320. The third-order valence-corrected chi connectivity index (χ3v) is 5.70. The summed E-state index contributed by atoms with van der Waals surface area (Å²) in [6.07, 6.45) is 5.62. The predicted molar refractivity (Wildman–Crippen MR) is 114 cm³/mol. The lowest BCUT2D eigenvalue weighted by Gasteiger charge is -2.28. The molecule has 0 fully saturated rings. The Kier molecular flexibility index (Phi) is 5.18. The van der Waals surface area contributed by atoms with E-state index >= 15 is 0 Å².